The molecule has 2 aliphatic heterocycles. The lowest BCUT2D eigenvalue weighted by Gasteiger charge is -2.28. The molecule has 4 atom stereocenters. The van der Waals surface area contributed by atoms with Gasteiger partial charge in [-0.15, -0.1) is 0 Å². The van der Waals surface area contributed by atoms with Crippen LogP contribution in [0.5, 0.6) is 0 Å². The van der Waals surface area contributed by atoms with E-state index in [0.717, 1.165) is 5.56 Å². The van der Waals surface area contributed by atoms with Gasteiger partial charge in [-0.3, -0.25) is 4.79 Å². The topological polar surface area (TPSA) is 29.5 Å². The number of ether oxygens (including phenoxy) is 1. The van der Waals surface area contributed by atoms with Crippen LogP contribution in [-0.2, 0) is 21.9 Å². The Morgan fingerprint density at radius 3 is 2.18 bits per heavy atom. The van der Waals surface area contributed by atoms with Crippen LogP contribution in [0.25, 0.3) is 0 Å². The van der Waals surface area contributed by atoms with E-state index in [1.807, 2.05) is 0 Å². The van der Waals surface area contributed by atoms with E-state index in [0.29, 0.717) is 30.5 Å². The second-order valence-corrected chi connectivity index (χ2v) is 8.83. The van der Waals surface area contributed by atoms with Gasteiger partial charge in [0.15, 0.2) is 0 Å². The Morgan fingerprint density at radius 1 is 1.00 bits per heavy atom. The van der Waals surface area contributed by atoms with Crippen LogP contribution >= 0.6 is 0 Å². The smallest absolute Gasteiger partial charge is 0.368 e. The summed E-state index contributed by atoms with van der Waals surface area (Å²) < 4.78 is 99.4. The van der Waals surface area contributed by atoms with Gasteiger partial charge in [-0.1, -0.05) is 6.07 Å². The molecule has 0 saturated carbocycles. The first-order chi connectivity index (χ1) is 15.8. The van der Waals surface area contributed by atoms with Crippen LogP contribution in [-0.4, -0.2) is 29.5 Å². The van der Waals surface area contributed by atoms with Gasteiger partial charge in [0.05, 0.1) is 23.3 Å². The van der Waals surface area contributed by atoms with Crippen LogP contribution in [0.3, 0.4) is 0 Å². The van der Waals surface area contributed by atoms with Gasteiger partial charge in [-0.2, -0.15) is 26.3 Å². The van der Waals surface area contributed by atoms with E-state index < -0.39 is 41.5 Å². The number of rotatable bonds is 4. The first kappa shape index (κ1) is 24.5. The van der Waals surface area contributed by atoms with Crippen molar-refractivity contribution in [3.63, 3.8) is 0 Å². The van der Waals surface area contributed by atoms with Gasteiger partial charge in [0.25, 0.3) is 0 Å². The number of nitrogens with zero attached hydrogens (tertiary/aromatic N) is 1. The summed E-state index contributed by atoms with van der Waals surface area (Å²) in [6.45, 7) is 3.25. The number of fused-ring (bicyclic) bond motifs is 1. The van der Waals surface area contributed by atoms with E-state index in [-0.39, 0.29) is 36.0 Å². The van der Waals surface area contributed by atoms with Crippen molar-refractivity contribution in [1.82, 2.24) is 4.90 Å². The van der Waals surface area contributed by atoms with Gasteiger partial charge in [0.1, 0.15) is 5.82 Å². The van der Waals surface area contributed by atoms with Gasteiger partial charge in [0, 0.05) is 24.9 Å². The maximum absolute atomic E-state index is 13.7. The SMILES string of the molecule is Cc1cc(F)ccc1[C@@H]1[C@@H](O[C@H](C)c2cc(C(F)(F)F)cc(C(F)(F)F)c2)CN2C(=O)CC[C@@H]12. The summed E-state index contributed by atoms with van der Waals surface area (Å²) in [5.41, 5.74) is -1.73. The summed E-state index contributed by atoms with van der Waals surface area (Å²) in [5.74, 6) is -0.914. The zero-order valence-corrected chi connectivity index (χ0v) is 18.3. The van der Waals surface area contributed by atoms with E-state index in [9.17, 15) is 35.5 Å². The van der Waals surface area contributed by atoms with E-state index in [4.69, 9.17) is 4.74 Å². The quantitative estimate of drug-likeness (QED) is 0.465. The van der Waals surface area contributed by atoms with Crippen LogP contribution in [0.4, 0.5) is 30.7 Å². The summed E-state index contributed by atoms with van der Waals surface area (Å²) in [5, 5.41) is 0. The number of alkyl halides is 6. The van der Waals surface area contributed by atoms with Crippen molar-refractivity contribution in [2.24, 2.45) is 0 Å². The lowest BCUT2D eigenvalue weighted by molar-refractivity contribution is -0.143. The molecule has 2 aliphatic rings. The molecule has 4 rings (SSSR count). The van der Waals surface area contributed by atoms with E-state index in [1.54, 1.807) is 17.9 Å². The number of benzene rings is 2. The van der Waals surface area contributed by atoms with Crippen molar-refractivity contribution in [2.75, 3.05) is 6.54 Å². The number of carbonyl (C=O) groups excluding carboxylic acids is 1. The third-order valence-corrected chi connectivity index (χ3v) is 6.62. The molecule has 2 heterocycles. The molecule has 10 heteroatoms. The first-order valence-electron chi connectivity index (χ1n) is 10.8. The van der Waals surface area contributed by atoms with E-state index in [1.165, 1.54) is 19.1 Å². The fraction of sp³-hybridized carbons (Fsp3) is 0.458. The van der Waals surface area contributed by atoms with Crippen LogP contribution < -0.4 is 0 Å². The van der Waals surface area contributed by atoms with Crippen molar-refractivity contribution in [3.8, 4) is 0 Å². The number of hydrogen-bond acceptors (Lipinski definition) is 2. The second kappa shape index (κ2) is 8.55. The van der Waals surface area contributed by atoms with Crippen molar-refractivity contribution >= 4 is 5.91 Å². The predicted molar refractivity (Wildman–Crippen MR) is 108 cm³/mol. The highest BCUT2D eigenvalue weighted by molar-refractivity contribution is 5.79. The highest BCUT2D eigenvalue weighted by Crippen LogP contribution is 2.45. The van der Waals surface area contributed by atoms with Crippen LogP contribution in [0.15, 0.2) is 36.4 Å². The third-order valence-electron chi connectivity index (χ3n) is 6.62. The molecule has 184 valence electrons. The zero-order chi connectivity index (χ0) is 25.0. The number of carbonyl (C=O) groups is 1. The summed E-state index contributed by atoms with van der Waals surface area (Å²) in [6, 6.07) is 5.36. The Labute approximate surface area is 191 Å². The Morgan fingerprint density at radius 2 is 1.62 bits per heavy atom. The molecule has 1 amide bonds. The van der Waals surface area contributed by atoms with Crippen LogP contribution in [0, 0.1) is 12.7 Å². The average Bonchev–Trinajstić information content (AvgIpc) is 3.26. The minimum absolute atomic E-state index is 0.0746. The molecule has 34 heavy (non-hydrogen) atoms. The van der Waals surface area contributed by atoms with Gasteiger partial charge < -0.3 is 9.64 Å². The Hall–Kier alpha value is -2.62. The Balaban J connectivity index is 1.68. The zero-order valence-electron chi connectivity index (χ0n) is 18.3. The normalized spacial score (nSPS) is 24.0. The van der Waals surface area contributed by atoms with Crippen molar-refractivity contribution in [2.45, 2.75) is 63.2 Å². The molecule has 2 saturated heterocycles. The monoisotopic (exact) mass is 489 g/mol. The van der Waals surface area contributed by atoms with Gasteiger partial charge in [0.2, 0.25) is 5.91 Å². The largest absolute Gasteiger partial charge is 0.416 e. The summed E-state index contributed by atoms with van der Waals surface area (Å²) in [4.78, 5) is 14.0. The minimum atomic E-state index is -4.97. The molecule has 3 nitrogen and oxygen atoms in total. The van der Waals surface area contributed by atoms with E-state index >= 15 is 0 Å². The molecule has 0 radical (unpaired) electrons. The maximum atomic E-state index is 13.7. The van der Waals surface area contributed by atoms with Crippen LogP contribution in [0.2, 0.25) is 0 Å². The maximum Gasteiger partial charge on any atom is 0.416 e. The van der Waals surface area contributed by atoms with Crippen molar-refractivity contribution in [3.05, 3.63) is 70.0 Å². The summed E-state index contributed by atoms with van der Waals surface area (Å²) >= 11 is 0. The molecule has 2 aromatic carbocycles. The second-order valence-electron chi connectivity index (χ2n) is 8.83. The number of amides is 1. The average molecular weight is 489 g/mol. The summed E-state index contributed by atoms with van der Waals surface area (Å²) in [7, 11) is 0. The fourth-order valence-corrected chi connectivity index (χ4v) is 5.02. The molecule has 0 aliphatic carbocycles. The molecule has 0 N–H and O–H groups in total. The number of aryl methyl sites for hydroxylation is 1. The molecule has 0 aromatic heterocycles. The molecular formula is C24H22F7NO2. The Kier molecular flexibility index (Phi) is 6.16. The standard InChI is InChI=1S/C24H22F7NO2/c1-12-7-17(25)3-4-18(12)22-19-5-6-21(33)32(19)11-20(22)34-13(2)14-8-15(23(26,27)28)10-16(9-14)24(29,30)31/h3-4,7-10,13,19-20,22H,5-6,11H2,1-2H3/t13-,19+,20+,22+/m1/s1. The Bertz CT molecular complexity index is 1060. The first-order valence-corrected chi connectivity index (χ1v) is 10.8. The van der Waals surface area contributed by atoms with E-state index in [2.05, 4.69) is 0 Å². The molecule has 2 aromatic rings. The molecule has 0 unspecified atom stereocenters. The van der Waals surface area contributed by atoms with Gasteiger partial charge in [-0.25, -0.2) is 4.39 Å². The fourth-order valence-electron chi connectivity index (χ4n) is 5.02. The molecule has 0 bridgehead atoms. The summed E-state index contributed by atoms with van der Waals surface area (Å²) in [6.07, 6.45) is -10.9. The molecule has 0 spiro atoms. The van der Waals surface area contributed by atoms with Gasteiger partial charge in [-0.05, 0) is 67.3 Å². The number of halogens is 7. The lowest BCUT2D eigenvalue weighted by Crippen LogP contribution is -2.29. The van der Waals surface area contributed by atoms with Crippen molar-refractivity contribution < 1.29 is 40.3 Å². The van der Waals surface area contributed by atoms with Crippen molar-refractivity contribution in [1.29, 1.82) is 0 Å². The molecular weight excluding hydrogens is 467 g/mol. The highest BCUT2D eigenvalue weighted by atomic mass is 19.4. The van der Waals surface area contributed by atoms with Crippen LogP contribution in [0.1, 0.15) is 59.6 Å². The highest BCUT2D eigenvalue weighted by Gasteiger charge is 2.49. The minimum Gasteiger partial charge on any atom is -0.368 e. The predicted octanol–water partition coefficient (Wildman–Crippen LogP) is 6.41. The number of hydrogen-bond donors (Lipinski definition) is 0. The lowest BCUT2D eigenvalue weighted by atomic mass is 9.85. The molecule has 2 fully saturated rings. The third kappa shape index (κ3) is 4.64. The van der Waals surface area contributed by atoms with Gasteiger partial charge >= 0.3 is 12.4 Å².